The maximum atomic E-state index is 12.7. The minimum Gasteiger partial charge on any atom is -0.378 e. The topological polar surface area (TPSA) is 96.3 Å². The summed E-state index contributed by atoms with van der Waals surface area (Å²) in [5.74, 6) is -0.776. The summed E-state index contributed by atoms with van der Waals surface area (Å²) in [6.07, 6.45) is 1.23. The number of nitrogens with zero attached hydrogens (tertiary/aromatic N) is 1. The maximum absolute atomic E-state index is 12.7. The minimum atomic E-state index is -4.12. The number of aryl methyl sites for hydroxylation is 1. The molecular weight excluding hydrogens is 471 g/mol. The normalized spacial score (nSPS) is 11.5. The van der Waals surface area contributed by atoms with Gasteiger partial charge in [-0.3, -0.25) is 4.79 Å². The summed E-state index contributed by atoms with van der Waals surface area (Å²) in [6.45, 7) is 1.84. The van der Waals surface area contributed by atoms with E-state index >= 15 is 0 Å². The van der Waals surface area contributed by atoms with Crippen LogP contribution in [-0.4, -0.2) is 14.3 Å². The average molecular weight is 487 g/mol. The summed E-state index contributed by atoms with van der Waals surface area (Å²) < 4.78 is 30.6. The van der Waals surface area contributed by atoms with E-state index in [1.165, 1.54) is 36.4 Å². The average Bonchev–Trinajstić information content (AvgIpc) is 2.76. The van der Waals surface area contributed by atoms with Crippen LogP contribution in [0.4, 0.5) is 5.69 Å². The van der Waals surface area contributed by atoms with Gasteiger partial charge < -0.3 is 9.50 Å². The molecule has 162 valence electrons. The standard InChI is InChI=1S/C23H16Cl2N2O4S/c1-15-9-11-18(12-10-15)32(29,30)31-21-8-3-2-5-16(21)13-17(14-26)23(28)27-20-7-4-6-19(24)22(20)25/h2-13H,1H3,(H,27,28)/b17-13+. The van der Waals surface area contributed by atoms with E-state index < -0.39 is 16.0 Å². The molecule has 0 aromatic heterocycles. The lowest BCUT2D eigenvalue weighted by Crippen LogP contribution is -2.14. The molecular formula is C23H16Cl2N2O4S. The second kappa shape index (κ2) is 9.88. The van der Waals surface area contributed by atoms with Crippen molar-refractivity contribution in [1.82, 2.24) is 0 Å². The first-order valence-corrected chi connectivity index (χ1v) is 11.3. The quantitative estimate of drug-likeness (QED) is 0.277. The largest absolute Gasteiger partial charge is 0.378 e. The van der Waals surface area contributed by atoms with Crippen LogP contribution in [0.1, 0.15) is 11.1 Å². The van der Waals surface area contributed by atoms with E-state index in [1.807, 2.05) is 6.92 Å². The highest BCUT2D eigenvalue weighted by atomic mass is 35.5. The van der Waals surface area contributed by atoms with Gasteiger partial charge in [0.2, 0.25) is 0 Å². The lowest BCUT2D eigenvalue weighted by Gasteiger charge is -2.11. The van der Waals surface area contributed by atoms with Gasteiger partial charge in [-0.1, -0.05) is 65.2 Å². The molecule has 0 aliphatic carbocycles. The number of benzene rings is 3. The van der Waals surface area contributed by atoms with Gasteiger partial charge in [-0.15, -0.1) is 0 Å². The second-order valence-electron chi connectivity index (χ2n) is 6.61. The van der Waals surface area contributed by atoms with E-state index in [0.717, 1.165) is 5.56 Å². The summed E-state index contributed by atoms with van der Waals surface area (Å²) in [7, 11) is -4.12. The monoisotopic (exact) mass is 486 g/mol. The molecule has 3 aromatic rings. The Morgan fingerprint density at radius 1 is 1.03 bits per heavy atom. The van der Waals surface area contributed by atoms with Gasteiger partial charge in [0.1, 0.15) is 22.3 Å². The molecule has 0 saturated carbocycles. The van der Waals surface area contributed by atoms with Crippen LogP contribution in [0.15, 0.2) is 77.2 Å². The third kappa shape index (κ3) is 5.48. The van der Waals surface area contributed by atoms with Gasteiger partial charge in [0.05, 0.1) is 15.7 Å². The number of halogens is 2. The molecule has 0 radical (unpaired) electrons. The molecule has 0 saturated heterocycles. The van der Waals surface area contributed by atoms with Crippen molar-refractivity contribution in [2.24, 2.45) is 0 Å². The van der Waals surface area contributed by atoms with Crippen LogP contribution < -0.4 is 9.50 Å². The number of anilines is 1. The fourth-order valence-corrected chi connectivity index (χ4v) is 3.94. The van der Waals surface area contributed by atoms with Crippen LogP contribution >= 0.6 is 23.2 Å². The molecule has 1 amide bonds. The van der Waals surface area contributed by atoms with Crippen molar-refractivity contribution >= 4 is 51.0 Å². The SMILES string of the molecule is Cc1ccc(S(=O)(=O)Oc2ccccc2/C=C(\C#N)C(=O)Nc2cccc(Cl)c2Cl)cc1. The Labute approximate surface area is 195 Å². The van der Waals surface area contributed by atoms with E-state index in [4.69, 9.17) is 27.4 Å². The van der Waals surface area contributed by atoms with E-state index in [2.05, 4.69) is 5.32 Å². The maximum Gasteiger partial charge on any atom is 0.339 e. The smallest absolute Gasteiger partial charge is 0.339 e. The van der Waals surface area contributed by atoms with Gasteiger partial charge in [0.15, 0.2) is 0 Å². The van der Waals surface area contributed by atoms with E-state index in [1.54, 1.807) is 42.5 Å². The number of carbonyl (C=O) groups is 1. The molecule has 0 bridgehead atoms. The molecule has 0 atom stereocenters. The molecule has 0 aliphatic heterocycles. The molecule has 0 heterocycles. The van der Waals surface area contributed by atoms with Crippen molar-refractivity contribution in [2.75, 3.05) is 5.32 Å². The number of carbonyl (C=O) groups excluding carboxylic acids is 1. The summed E-state index contributed by atoms with van der Waals surface area (Å²) in [4.78, 5) is 12.6. The van der Waals surface area contributed by atoms with Crippen molar-refractivity contribution in [3.63, 3.8) is 0 Å². The Kier molecular flexibility index (Phi) is 7.21. The lowest BCUT2D eigenvalue weighted by atomic mass is 10.1. The van der Waals surface area contributed by atoms with Crippen LogP contribution in [-0.2, 0) is 14.9 Å². The van der Waals surface area contributed by atoms with Crippen molar-refractivity contribution in [1.29, 1.82) is 5.26 Å². The highest BCUT2D eigenvalue weighted by Gasteiger charge is 2.19. The first kappa shape index (κ1) is 23.4. The minimum absolute atomic E-state index is 0.0178. The molecule has 32 heavy (non-hydrogen) atoms. The fourth-order valence-electron chi connectivity index (χ4n) is 2.64. The van der Waals surface area contributed by atoms with Crippen molar-refractivity contribution in [2.45, 2.75) is 11.8 Å². The molecule has 6 nitrogen and oxygen atoms in total. The number of nitrogens with one attached hydrogen (secondary N) is 1. The number of amides is 1. The zero-order valence-corrected chi connectivity index (χ0v) is 19.0. The second-order valence-corrected chi connectivity index (χ2v) is 8.95. The lowest BCUT2D eigenvalue weighted by molar-refractivity contribution is -0.112. The molecule has 3 rings (SSSR count). The van der Waals surface area contributed by atoms with Gasteiger partial charge in [0, 0.05) is 5.56 Å². The summed E-state index contributed by atoms with van der Waals surface area (Å²) in [6, 6.07) is 18.8. The van der Waals surface area contributed by atoms with Crippen LogP contribution in [0.5, 0.6) is 5.75 Å². The van der Waals surface area contributed by atoms with E-state index in [0.29, 0.717) is 0 Å². The Morgan fingerprint density at radius 3 is 2.41 bits per heavy atom. The van der Waals surface area contributed by atoms with E-state index in [9.17, 15) is 18.5 Å². The molecule has 0 unspecified atom stereocenters. The van der Waals surface area contributed by atoms with Crippen molar-refractivity contribution in [3.05, 3.63) is 93.5 Å². The van der Waals surface area contributed by atoms with Gasteiger partial charge in [0.25, 0.3) is 5.91 Å². The Balaban J connectivity index is 1.91. The molecule has 0 fully saturated rings. The van der Waals surface area contributed by atoms with Crippen LogP contribution in [0.3, 0.4) is 0 Å². The van der Waals surface area contributed by atoms with Crippen LogP contribution in [0, 0.1) is 18.3 Å². The first-order valence-electron chi connectivity index (χ1n) is 9.18. The Hall–Kier alpha value is -3.31. The molecule has 1 N–H and O–H groups in total. The number of para-hydroxylation sites is 1. The van der Waals surface area contributed by atoms with Gasteiger partial charge >= 0.3 is 10.1 Å². The third-order valence-corrected chi connectivity index (χ3v) is 6.36. The van der Waals surface area contributed by atoms with Crippen LogP contribution in [0.25, 0.3) is 6.08 Å². The van der Waals surface area contributed by atoms with Gasteiger partial charge in [-0.2, -0.15) is 13.7 Å². The van der Waals surface area contributed by atoms with Gasteiger partial charge in [-0.25, -0.2) is 0 Å². The molecule has 0 spiro atoms. The summed E-state index contributed by atoms with van der Waals surface area (Å²) >= 11 is 12.0. The summed E-state index contributed by atoms with van der Waals surface area (Å²) in [5, 5.41) is 12.4. The first-order chi connectivity index (χ1) is 15.2. The highest BCUT2D eigenvalue weighted by molar-refractivity contribution is 7.87. The predicted molar refractivity (Wildman–Crippen MR) is 124 cm³/mol. The van der Waals surface area contributed by atoms with Crippen molar-refractivity contribution < 1.29 is 17.4 Å². The van der Waals surface area contributed by atoms with E-state index in [-0.39, 0.29) is 37.5 Å². The highest BCUT2D eigenvalue weighted by Crippen LogP contribution is 2.30. The number of nitriles is 1. The number of hydrogen-bond donors (Lipinski definition) is 1. The Morgan fingerprint density at radius 2 is 1.72 bits per heavy atom. The van der Waals surface area contributed by atoms with Crippen molar-refractivity contribution in [3.8, 4) is 11.8 Å². The fraction of sp³-hybridized carbons (Fsp3) is 0.0435. The molecule has 9 heteroatoms. The Bertz CT molecular complexity index is 1350. The van der Waals surface area contributed by atoms with Crippen LogP contribution in [0.2, 0.25) is 10.0 Å². The molecule has 0 aliphatic rings. The predicted octanol–water partition coefficient (Wildman–Crippen LogP) is 5.62. The molecule has 3 aromatic carbocycles. The number of rotatable bonds is 6. The van der Waals surface area contributed by atoms with Gasteiger partial charge in [-0.05, 0) is 43.3 Å². The zero-order valence-electron chi connectivity index (χ0n) is 16.7. The third-order valence-electron chi connectivity index (χ3n) is 4.29. The summed E-state index contributed by atoms with van der Waals surface area (Å²) in [5.41, 5.74) is 1.07. The number of hydrogen-bond acceptors (Lipinski definition) is 5. The zero-order chi connectivity index (χ0) is 23.3.